The Morgan fingerprint density at radius 2 is 1.92 bits per heavy atom. The highest BCUT2D eigenvalue weighted by atomic mass is 16.3. The average Bonchev–Trinajstić information content (AvgIpc) is 3.09. The average molecular weight is 354 g/mol. The molecule has 138 valence electrons. The number of anilines is 2. The molecule has 0 saturated carbocycles. The fraction of sp³-hybridized carbons (Fsp3) is 0.421. The third-order valence-corrected chi connectivity index (χ3v) is 4.30. The summed E-state index contributed by atoms with van der Waals surface area (Å²) in [6.07, 6.45) is 0.808. The Morgan fingerprint density at radius 1 is 1.15 bits per heavy atom. The summed E-state index contributed by atoms with van der Waals surface area (Å²) < 4.78 is 1.78. The molecule has 0 saturated heterocycles. The van der Waals surface area contributed by atoms with Crippen LogP contribution in [-0.2, 0) is 6.54 Å². The SMILES string of the molecule is CC[C@@H](CO)Nc1cc(NCc2ccccc2)c2nnc(C(C)C)n2n1. The molecule has 0 bridgehead atoms. The first kappa shape index (κ1) is 18.1. The summed E-state index contributed by atoms with van der Waals surface area (Å²) >= 11 is 0. The van der Waals surface area contributed by atoms with E-state index >= 15 is 0 Å². The molecule has 0 aliphatic carbocycles. The minimum atomic E-state index is -0.0408. The van der Waals surface area contributed by atoms with E-state index in [1.165, 1.54) is 5.56 Å². The van der Waals surface area contributed by atoms with Crippen LogP contribution in [0.15, 0.2) is 36.4 Å². The smallest absolute Gasteiger partial charge is 0.201 e. The molecule has 1 atom stereocenters. The van der Waals surface area contributed by atoms with Gasteiger partial charge in [-0.3, -0.25) is 0 Å². The fourth-order valence-corrected chi connectivity index (χ4v) is 2.74. The first-order valence-electron chi connectivity index (χ1n) is 9.04. The van der Waals surface area contributed by atoms with Crippen molar-refractivity contribution in [2.24, 2.45) is 0 Å². The molecule has 0 amide bonds. The van der Waals surface area contributed by atoms with E-state index in [9.17, 15) is 5.11 Å². The van der Waals surface area contributed by atoms with Crippen LogP contribution in [0.2, 0.25) is 0 Å². The molecule has 0 aliphatic rings. The molecule has 0 radical (unpaired) electrons. The van der Waals surface area contributed by atoms with Gasteiger partial charge in [-0.05, 0) is 12.0 Å². The Labute approximate surface area is 153 Å². The number of aliphatic hydroxyl groups excluding tert-OH is 1. The molecule has 1 aromatic carbocycles. The van der Waals surface area contributed by atoms with Crippen LogP contribution in [0.4, 0.5) is 11.5 Å². The van der Waals surface area contributed by atoms with Crippen LogP contribution in [-0.4, -0.2) is 37.6 Å². The van der Waals surface area contributed by atoms with Gasteiger partial charge in [0.05, 0.1) is 18.3 Å². The van der Waals surface area contributed by atoms with Crippen LogP contribution in [0.25, 0.3) is 5.65 Å². The molecule has 3 N–H and O–H groups in total. The number of fused-ring (bicyclic) bond motifs is 1. The second kappa shape index (κ2) is 8.14. The fourth-order valence-electron chi connectivity index (χ4n) is 2.74. The molecule has 0 aliphatic heterocycles. The predicted octanol–water partition coefficient (Wildman–Crippen LogP) is 3.04. The lowest BCUT2D eigenvalue weighted by molar-refractivity contribution is 0.271. The van der Waals surface area contributed by atoms with Gasteiger partial charge in [-0.25, -0.2) is 0 Å². The largest absolute Gasteiger partial charge is 0.394 e. The van der Waals surface area contributed by atoms with Crippen molar-refractivity contribution >= 4 is 17.2 Å². The van der Waals surface area contributed by atoms with Gasteiger partial charge in [0.2, 0.25) is 5.65 Å². The van der Waals surface area contributed by atoms with Crippen molar-refractivity contribution in [3.05, 3.63) is 47.8 Å². The Morgan fingerprint density at radius 3 is 2.58 bits per heavy atom. The molecule has 7 nitrogen and oxygen atoms in total. The topological polar surface area (TPSA) is 87.4 Å². The quantitative estimate of drug-likeness (QED) is 0.576. The normalized spacial score (nSPS) is 12.5. The zero-order valence-electron chi connectivity index (χ0n) is 15.5. The van der Waals surface area contributed by atoms with Gasteiger partial charge in [-0.15, -0.1) is 15.3 Å². The summed E-state index contributed by atoms with van der Waals surface area (Å²) in [6, 6.07) is 12.1. The van der Waals surface area contributed by atoms with Gasteiger partial charge in [0.25, 0.3) is 0 Å². The highest BCUT2D eigenvalue weighted by molar-refractivity contribution is 5.70. The van der Waals surface area contributed by atoms with Gasteiger partial charge >= 0.3 is 0 Å². The molecular weight excluding hydrogens is 328 g/mol. The number of hydrogen-bond acceptors (Lipinski definition) is 6. The van der Waals surface area contributed by atoms with Crippen molar-refractivity contribution < 1.29 is 5.11 Å². The summed E-state index contributed by atoms with van der Waals surface area (Å²) in [5.41, 5.74) is 2.74. The molecule has 2 aromatic heterocycles. The minimum Gasteiger partial charge on any atom is -0.394 e. The number of aliphatic hydroxyl groups is 1. The number of benzene rings is 1. The van der Waals surface area contributed by atoms with Crippen molar-refractivity contribution in [3.63, 3.8) is 0 Å². The molecule has 26 heavy (non-hydrogen) atoms. The zero-order valence-corrected chi connectivity index (χ0v) is 15.5. The maximum absolute atomic E-state index is 9.49. The van der Waals surface area contributed by atoms with E-state index in [2.05, 4.69) is 51.9 Å². The van der Waals surface area contributed by atoms with Gasteiger partial charge < -0.3 is 15.7 Å². The second-order valence-electron chi connectivity index (χ2n) is 6.66. The van der Waals surface area contributed by atoms with E-state index in [0.29, 0.717) is 18.0 Å². The van der Waals surface area contributed by atoms with E-state index in [1.54, 1.807) is 4.52 Å². The monoisotopic (exact) mass is 354 g/mol. The summed E-state index contributed by atoms with van der Waals surface area (Å²) in [7, 11) is 0. The maximum Gasteiger partial charge on any atom is 0.201 e. The summed E-state index contributed by atoms with van der Waals surface area (Å²) in [4.78, 5) is 0. The van der Waals surface area contributed by atoms with Gasteiger partial charge in [-0.2, -0.15) is 4.52 Å². The van der Waals surface area contributed by atoms with E-state index in [0.717, 1.165) is 17.9 Å². The summed E-state index contributed by atoms with van der Waals surface area (Å²) in [6.45, 7) is 6.90. The first-order valence-corrected chi connectivity index (χ1v) is 9.04. The van der Waals surface area contributed by atoms with Gasteiger partial charge in [0.15, 0.2) is 5.82 Å². The Hall–Kier alpha value is -2.67. The van der Waals surface area contributed by atoms with Gasteiger partial charge in [0.1, 0.15) is 5.82 Å². The number of rotatable bonds is 8. The van der Waals surface area contributed by atoms with E-state index in [1.807, 2.05) is 31.2 Å². The molecule has 0 spiro atoms. The van der Waals surface area contributed by atoms with Crippen molar-refractivity contribution in [1.29, 1.82) is 0 Å². The zero-order chi connectivity index (χ0) is 18.5. The van der Waals surface area contributed by atoms with Crippen LogP contribution in [0.1, 0.15) is 44.5 Å². The minimum absolute atomic E-state index is 0.0408. The second-order valence-corrected chi connectivity index (χ2v) is 6.66. The summed E-state index contributed by atoms with van der Waals surface area (Å²) in [5.74, 6) is 1.70. The lowest BCUT2D eigenvalue weighted by Crippen LogP contribution is -2.24. The maximum atomic E-state index is 9.49. The van der Waals surface area contributed by atoms with Crippen LogP contribution in [0.5, 0.6) is 0 Å². The van der Waals surface area contributed by atoms with Crippen LogP contribution < -0.4 is 10.6 Å². The lowest BCUT2D eigenvalue weighted by Gasteiger charge is -2.16. The number of nitrogens with one attached hydrogen (secondary N) is 2. The first-order chi connectivity index (χ1) is 12.6. The summed E-state index contributed by atoms with van der Waals surface area (Å²) in [5, 5.41) is 29.5. The molecule has 0 unspecified atom stereocenters. The molecule has 2 heterocycles. The predicted molar refractivity (Wildman–Crippen MR) is 103 cm³/mol. The Kier molecular flexibility index (Phi) is 5.68. The molecule has 3 rings (SSSR count). The van der Waals surface area contributed by atoms with E-state index < -0.39 is 0 Å². The number of hydrogen-bond donors (Lipinski definition) is 3. The highest BCUT2D eigenvalue weighted by Crippen LogP contribution is 2.23. The molecule has 0 fully saturated rings. The molecular formula is C19H26N6O. The van der Waals surface area contributed by atoms with Crippen LogP contribution in [0, 0.1) is 0 Å². The highest BCUT2D eigenvalue weighted by Gasteiger charge is 2.16. The van der Waals surface area contributed by atoms with Gasteiger partial charge in [0, 0.05) is 18.5 Å². The van der Waals surface area contributed by atoms with Crippen molar-refractivity contribution in [2.45, 2.75) is 45.7 Å². The number of nitrogens with zero attached hydrogens (tertiary/aromatic N) is 4. The Bertz CT molecular complexity index is 842. The van der Waals surface area contributed by atoms with E-state index in [4.69, 9.17) is 0 Å². The van der Waals surface area contributed by atoms with Crippen LogP contribution >= 0.6 is 0 Å². The lowest BCUT2D eigenvalue weighted by atomic mass is 10.2. The van der Waals surface area contributed by atoms with Crippen LogP contribution in [0.3, 0.4) is 0 Å². The number of aromatic nitrogens is 4. The van der Waals surface area contributed by atoms with Crippen molar-refractivity contribution in [3.8, 4) is 0 Å². The van der Waals surface area contributed by atoms with Crippen molar-refractivity contribution in [1.82, 2.24) is 19.8 Å². The third-order valence-electron chi connectivity index (χ3n) is 4.30. The van der Waals surface area contributed by atoms with E-state index in [-0.39, 0.29) is 18.6 Å². The van der Waals surface area contributed by atoms with Crippen molar-refractivity contribution in [2.75, 3.05) is 17.2 Å². The molecule has 3 aromatic rings. The van der Waals surface area contributed by atoms with Gasteiger partial charge in [-0.1, -0.05) is 51.1 Å². The Balaban J connectivity index is 1.96. The molecule has 7 heteroatoms. The third kappa shape index (κ3) is 3.94. The standard InChI is InChI=1S/C19H26N6O/c1-4-15(12-26)21-17-10-16(20-11-14-8-6-5-7-9-14)19-23-22-18(13(2)3)25(19)24-17/h5-10,13,15,20,26H,4,11-12H2,1-3H3,(H,21,24)/t15-/m0/s1.